The van der Waals surface area contributed by atoms with Gasteiger partial charge < -0.3 is 30.6 Å². The van der Waals surface area contributed by atoms with E-state index in [-0.39, 0.29) is 11.8 Å². The van der Waals surface area contributed by atoms with Crippen LogP contribution in [-0.4, -0.2) is 66.3 Å². The van der Waals surface area contributed by atoms with Crippen molar-refractivity contribution in [2.24, 2.45) is 58.2 Å². The third-order valence-electron chi connectivity index (χ3n) is 17.1. The molecule has 6 saturated carbocycles. The lowest BCUT2D eigenvalue weighted by molar-refractivity contribution is 0.0431. The molecule has 0 radical (unpaired) electrons. The third-order valence-corrected chi connectivity index (χ3v) is 17.1. The van der Waals surface area contributed by atoms with E-state index in [9.17, 15) is 30.6 Å². The predicted molar refractivity (Wildman–Crippen MR) is 248 cm³/mol. The molecule has 0 aromatic rings. The Morgan fingerprint density at radius 1 is 0.517 bits per heavy atom. The number of hydrogen-bond donors (Lipinski definition) is 6. The Kier molecular flexibility index (Phi) is 16.7. The van der Waals surface area contributed by atoms with E-state index in [4.69, 9.17) is 0 Å². The van der Waals surface area contributed by atoms with Gasteiger partial charge in [0.15, 0.2) is 0 Å². The molecule has 0 heterocycles. The highest BCUT2D eigenvalue weighted by molar-refractivity contribution is 5.28. The molecule has 14 atom stereocenters. The molecule has 0 aromatic carbocycles. The summed E-state index contributed by atoms with van der Waals surface area (Å²) in [5.41, 5.74) is 4.87. The molecule has 60 heavy (non-hydrogen) atoms. The summed E-state index contributed by atoms with van der Waals surface area (Å²) in [6, 6.07) is 0. The largest absolute Gasteiger partial charge is 0.393 e. The van der Waals surface area contributed by atoms with Crippen LogP contribution in [0, 0.1) is 58.2 Å². The molecular weight excluding hydrogens is 745 g/mol. The van der Waals surface area contributed by atoms with Crippen LogP contribution in [-0.2, 0) is 0 Å². The van der Waals surface area contributed by atoms with E-state index in [0.29, 0.717) is 84.9 Å². The van der Waals surface area contributed by atoms with Gasteiger partial charge in [0.1, 0.15) is 0 Å². The van der Waals surface area contributed by atoms with Gasteiger partial charge in [-0.15, -0.1) is 0 Å². The summed E-state index contributed by atoms with van der Waals surface area (Å²) in [6.07, 6.45) is 33.0. The van der Waals surface area contributed by atoms with Gasteiger partial charge in [-0.3, -0.25) is 0 Å². The van der Waals surface area contributed by atoms with Crippen LogP contribution in [0.25, 0.3) is 0 Å². The molecule has 0 aromatic heterocycles. The van der Waals surface area contributed by atoms with Crippen molar-refractivity contribution in [2.75, 3.05) is 0 Å². The van der Waals surface area contributed by atoms with E-state index in [2.05, 4.69) is 90.2 Å². The quantitative estimate of drug-likeness (QED) is 0.122. The first-order valence-electron chi connectivity index (χ1n) is 24.3. The molecule has 6 nitrogen and oxygen atoms in total. The number of aliphatic hydroxyl groups excluding tert-OH is 4. The fourth-order valence-corrected chi connectivity index (χ4v) is 12.8. The van der Waals surface area contributed by atoms with Crippen molar-refractivity contribution in [3.63, 3.8) is 0 Å². The highest BCUT2D eigenvalue weighted by Gasteiger charge is 2.51. The molecule has 6 heteroatoms. The van der Waals surface area contributed by atoms with Crippen molar-refractivity contribution in [3.8, 4) is 0 Å². The maximum Gasteiger partial charge on any atom is 0.0651 e. The minimum Gasteiger partial charge on any atom is -0.393 e. The van der Waals surface area contributed by atoms with Crippen LogP contribution >= 0.6 is 0 Å². The fourth-order valence-electron chi connectivity index (χ4n) is 12.8. The van der Waals surface area contributed by atoms with Crippen molar-refractivity contribution in [3.05, 3.63) is 70.9 Å². The number of hydrogen-bond acceptors (Lipinski definition) is 6. The smallest absolute Gasteiger partial charge is 0.0651 e. The summed E-state index contributed by atoms with van der Waals surface area (Å²) in [4.78, 5) is 0. The summed E-state index contributed by atoms with van der Waals surface area (Å²) < 4.78 is 0. The average Bonchev–Trinajstić information content (AvgIpc) is 3.70. The SMILES string of the molecule is C[C@H](/C=C/[C@H](C)C(C)(C)O)[C@H]1CC[C@H]2/C(=C/C=C3C[C@@H](O)C[C@H](O)C3)CCC[C@]12C.C[C@H](/C=C/[C@H](C)C(C)(C)O)[C@H]1CC[C@H]2/C(=C/C=C3C[C@@H](O)C[C@H](O)C3)CCC[C@]12C. The van der Waals surface area contributed by atoms with Crippen LogP contribution in [0.2, 0.25) is 0 Å². The first kappa shape index (κ1) is 49.2. The normalized spacial score (nSPS) is 38.7. The first-order valence-corrected chi connectivity index (χ1v) is 24.3. The summed E-state index contributed by atoms with van der Waals surface area (Å²) >= 11 is 0. The molecule has 6 N–H and O–H groups in total. The van der Waals surface area contributed by atoms with Crippen molar-refractivity contribution >= 4 is 0 Å². The Bertz CT molecular complexity index is 1460. The van der Waals surface area contributed by atoms with Gasteiger partial charge in [-0.05, 0) is 177 Å². The van der Waals surface area contributed by atoms with Crippen molar-refractivity contribution in [1.29, 1.82) is 0 Å². The average molecular weight is 833 g/mol. The zero-order valence-electron chi connectivity index (χ0n) is 39.5. The molecule has 0 unspecified atom stereocenters. The lowest BCUT2D eigenvalue weighted by Gasteiger charge is -2.44. The van der Waals surface area contributed by atoms with Gasteiger partial charge in [0, 0.05) is 11.8 Å². The Hall–Kier alpha value is -1.80. The van der Waals surface area contributed by atoms with Crippen molar-refractivity contribution < 1.29 is 30.6 Å². The maximum atomic E-state index is 10.2. The zero-order valence-corrected chi connectivity index (χ0v) is 39.5. The fraction of sp³-hybridized carbons (Fsp3) is 0.778. The number of aliphatic hydroxyl groups is 6. The van der Waals surface area contributed by atoms with Crippen LogP contribution in [0.15, 0.2) is 70.9 Å². The second-order valence-corrected chi connectivity index (χ2v) is 22.6. The molecule has 0 amide bonds. The topological polar surface area (TPSA) is 121 Å². The third kappa shape index (κ3) is 12.3. The summed E-state index contributed by atoms with van der Waals surface area (Å²) in [5.74, 6) is 4.00. The van der Waals surface area contributed by atoms with E-state index in [1.807, 2.05) is 27.7 Å². The monoisotopic (exact) mass is 833 g/mol. The van der Waals surface area contributed by atoms with Crippen molar-refractivity contribution in [1.82, 2.24) is 0 Å². The summed E-state index contributed by atoms with van der Waals surface area (Å²) in [7, 11) is 0. The Balaban J connectivity index is 0.000000228. The van der Waals surface area contributed by atoms with Crippen LogP contribution in [0.5, 0.6) is 0 Å². The molecule has 0 spiro atoms. The van der Waals surface area contributed by atoms with Gasteiger partial charge in [-0.2, -0.15) is 0 Å². The van der Waals surface area contributed by atoms with Gasteiger partial charge in [-0.25, -0.2) is 0 Å². The van der Waals surface area contributed by atoms with E-state index in [1.165, 1.54) is 75.4 Å². The molecule has 6 fully saturated rings. The minimum absolute atomic E-state index is 0.152. The standard InChI is InChI=1S/2C27H44O3/c2*1-18(8-9-19(2)26(3,4)30)24-12-13-25-21(7-6-14-27(24,25)5)11-10-20-15-22(28)17-23(29)16-20/h2*8-11,18-19,22-25,28-30H,6-7,12-17H2,1-5H3/b2*9-8+,21-11+/t2*18-,19+,22-,23-,24-,25+,27-/m11/s1. The molecule has 6 aliphatic carbocycles. The molecule has 6 rings (SSSR count). The number of allylic oxidation sites excluding steroid dienone is 8. The van der Waals surface area contributed by atoms with Gasteiger partial charge >= 0.3 is 0 Å². The summed E-state index contributed by atoms with van der Waals surface area (Å²) in [5, 5.41) is 60.4. The highest BCUT2D eigenvalue weighted by Crippen LogP contribution is 2.61. The van der Waals surface area contributed by atoms with E-state index in [1.54, 1.807) is 11.1 Å². The van der Waals surface area contributed by atoms with E-state index < -0.39 is 35.6 Å². The second kappa shape index (κ2) is 20.4. The molecule has 0 saturated heterocycles. The molecule has 6 aliphatic rings. The second-order valence-electron chi connectivity index (χ2n) is 22.6. The minimum atomic E-state index is -0.674. The van der Waals surface area contributed by atoms with Gasteiger partial charge in [-0.1, -0.05) is 112 Å². The van der Waals surface area contributed by atoms with Crippen LogP contribution in [0.4, 0.5) is 0 Å². The number of fused-ring (bicyclic) bond motifs is 2. The Labute approximate surface area is 366 Å². The highest BCUT2D eigenvalue weighted by atomic mass is 16.3. The molecule has 340 valence electrons. The van der Waals surface area contributed by atoms with Crippen molar-refractivity contribution in [2.45, 2.75) is 208 Å². The lowest BCUT2D eigenvalue weighted by atomic mass is 9.61. The van der Waals surface area contributed by atoms with Crippen LogP contribution in [0.1, 0.15) is 172 Å². The summed E-state index contributed by atoms with van der Waals surface area (Å²) in [6.45, 7) is 21.5. The molecule has 0 aliphatic heterocycles. The Morgan fingerprint density at radius 2 is 0.850 bits per heavy atom. The predicted octanol–water partition coefficient (Wildman–Crippen LogP) is 11.1. The molecule has 0 bridgehead atoms. The van der Waals surface area contributed by atoms with Gasteiger partial charge in [0.2, 0.25) is 0 Å². The van der Waals surface area contributed by atoms with Crippen LogP contribution in [0.3, 0.4) is 0 Å². The zero-order chi connectivity index (χ0) is 44.2. The lowest BCUT2D eigenvalue weighted by Crippen LogP contribution is -2.35. The number of rotatable bonds is 10. The van der Waals surface area contributed by atoms with Crippen LogP contribution < -0.4 is 0 Å². The Morgan fingerprint density at radius 3 is 1.17 bits per heavy atom. The molecular formula is C54H88O6. The van der Waals surface area contributed by atoms with E-state index in [0.717, 1.165) is 0 Å². The van der Waals surface area contributed by atoms with Gasteiger partial charge in [0.05, 0.1) is 35.6 Å². The van der Waals surface area contributed by atoms with E-state index >= 15 is 0 Å². The first-order chi connectivity index (χ1) is 28.0. The maximum absolute atomic E-state index is 10.2. The van der Waals surface area contributed by atoms with Gasteiger partial charge in [0.25, 0.3) is 0 Å².